The van der Waals surface area contributed by atoms with Gasteiger partial charge in [-0.3, -0.25) is 14.9 Å². The van der Waals surface area contributed by atoms with Crippen molar-refractivity contribution >= 4 is 34.8 Å². The zero-order chi connectivity index (χ0) is 13.7. The third kappa shape index (κ3) is 3.56. The van der Waals surface area contributed by atoms with Crippen LogP contribution >= 0.6 is 23.2 Å². The molecule has 1 rings (SSSR count). The molecule has 0 fully saturated rings. The van der Waals surface area contributed by atoms with Crippen LogP contribution in [0.25, 0.3) is 0 Å². The molecule has 0 bridgehead atoms. The molecule has 0 atom stereocenters. The van der Waals surface area contributed by atoms with E-state index in [1.54, 1.807) is 0 Å². The van der Waals surface area contributed by atoms with Gasteiger partial charge in [0.25, 0.3) is 11.6 Å². The molecule has 1 aromatic rings. The zero-order valence-corrected chi connectivity index (χ0v) is 10.9. The lowest BCUT2D eigenvalue weighted by Crippen LogP contribution is -2.27. The number of ether oxygens (including phenoxy) is 1. The van der Waals surface area contributed by atoms with Gasteiger partial charge in [-0.05, 0) is 6.07 Å². The summed E-state index contributed by atoms with van der Waals surface area (Å²) in [5.41, 5.74) is -0.326. The van der Waals surface area contributed by atoms with Crippen LogP contribution in [0.15, 0.2) is 12.1 Å². The van der Waals surface area contributed by atoms with E-state index in [2.05, 4.69) is 5.32 Å². The highest BCUT2D eigenvalue weighted by atomic mass is 35.5. The summed E-state index contributed by atoms with van der Waals surface area (Å²) in [6.07, 6.45) is 0. The number of methoxy groups -OCH3 is 1. The van der Waals surface area contributed by atoms with Gasteiger partial charge in [0.15, 0.2) is 0 Å². The van der Waals surface area contributed by atoms with E-state index in [9.17, 15) is 14.9 Å². The van der Waals surface area contributed by atoms with Crippen molar-refractivity contribution in [2.45, 2.75) is 0 Å². The molecule has 1 N–H and O–H groups in total. The fraction of sp³-hybridized carbons (Fsp3) is 0.300. The number of nitrogens with one attached hydrogen (secondary N) is 1. The maximum atomic E-state index is 11.7. The van der Waals surface area contributed by atoms with E-state index in [1.165, 1.54) is 13.2 Å². The van der Waals surface area contributed by atoms with E-state index < -0.39 is 16.5 Å². The Morgan fingerprint density at radius 2 is 2.17 bits per heavy atom. The lowest BCUT2D eigenvalue weighted by Gasteiger charge is -2.06. The second-order valence-electron chi connectivity index (χ2n) is 3.30. The first kappa shape index (κ1) is 14.7. The van der Waals surface area contributed by atoms with Crippen molar-refractivity contribution in [2.75, 3.05) is 20.3 Å². The van der Waals surface area contributed by atoms with Crippen molar-refractivity contribution in [1.29, 1.82) is 0 Å². The summed E-state index contributed by atoms with van der Waals surface area (Å²) in [7, 11) is 1.50. The van der Waals surface area contributed by atoms with Gasteiger partial charge in [0, 0.05) is 25.3 Å². The molecule has 0 aromatic heterocycles. The number of halogens is 2. The average molecular weight is 293 g/mol. The molecule has 0 spiro atoms. The molecule has 1 aromatic carbocycles. The van der Waals surface area contributed by atoms with Crippen LogP contribution in [0.1, 0.15) is 10.4 Å². The van der Waals surface area contributed by atoms with Crippen molar-refractivity contribution in [3.8, 4) is 0 Å². The minimum atomic E-state index is -0.694. The van der Waals surface area contributed by atoms with Crippen LogP contribution in [-0.2, 0) is 4.74 Å². The van der Waals surface area contributed by atoms with Crippen LogP contribution < -0.4 is 5.32 Å². The molecule has 0 aliphatic carbocycles. The number of nitro benzene ring substituents is 1. The van der Waals surface area contributed by atoms with Crippen molar-refractivity contribution in [1.82, 2.24) is 5.32 Å². The van der Waals surface area contributed by atoms with Crippen LogP contribution in [0, 0.1) is 10.1 Å². The summed E-state index contributed by atoms with van der Waals surface area (Å²) in [5.74, 6) is -0.478. The molecule has 0 unspecified atom stereocenters. The Labute approximate surface area is 113 Å². The lowest BCUT2D eigenvalue weighted by molar-refractivity contribution is -0.384. The number of hydrogen-bond donors (Lipinski definition) is 1. The lowest BCUT2D eigenvalue weighted by atomic mass is 10.2. The van der Waals surface area contributed by atoms with Crippen LogP contribution in [-0.4, -0.2) is 31.1 Å². The number of nitrogens with zero attached hydrogens (tertiary/aromatic N) is 1. The van der Waals surface area contributed by atoms with Gasteiger partial charge in [-0.25, -0.2) is 0 Å². The van der Waals surface area contributed by atoms with Gasteiger partial charge in [0.05, 0.1) is 16.6 Å². The SMILES string of the molecule is COCCNC(=O)c1cc(Cl)c(Cl)c([N+](=O)[O-])c1. The van der Waals surface area contributed by atoms with Crippen molar-refractivity contribution in [3.05, 3.63) is 37.9 Å². The van der Waals surface area contributed by atoms with E-state index in [0.29, 0.717) is 13.2 Å². The van der Waals surface area contributed by atoms with Crippen molar-refractivity contribution in [2.24, 2.45) is 0 Å². The Bertz CT molecular complexity index is 479. The number of carbonyl (C=O) groups is 1. The minimum absolute atomic E-state index is 0.0391. The molecule has 0 heterocycles. The normalized spacial score (nSPS) is 10.2. The number of benzene rings is 1. The largest absolute Gasteiger partial charge is 0.383 e. The molecule has 6 nitrogen and oxygen atoms in total. The highest BCUT2D eigenvalue weighted by molar-refractivity contribution is 6.43. The average Bonchev–Trinajstić information content (AvgIpc) is 2.32. The van der Waals surface area contributed by atoms with Crippen LogP contribution in [0.3, 0.4) is 0 Å². The standard InChI is InChI=1S/C10H10Cl2N2O4/c1-18-3-2-13-10(15)6-4-7(11)9(12)8(5-6)14(16)17/h4-5H,2-3H2,1H3,(H,13,15). The minimum Gasteiger partial charge on any atom is -0.383 e. The van der Waals surface area contributed by atoms with Crippen LogP contribution in [0.4, 0.5) is 5.69 Å². The summed E-state index contributed by atoms with van der Waals surface area (Å²) in [6.45, 7) is 0.637. The number of nitro groups is 1. The zero-order valence-electron chi connectivity index (χ0n) is 9.41. The van der Waals surface area contributed by atoms with Gasteiger partial charge < -0.3 is 10.1 Å². The number of carbonyl (C=O) groups excluding carboxylic acids is 1. The predicted octanol–water partition coefficient (Wildman–Crippen LogP) is 2.28. The van der Waals surface area contributed by atoms with Gasteiger partial charge in [-0.1, -0.05) is 23.2 Å². The molecule has 0 saturated carbocycles. The number of hydrogen-bond acceptors (Lipinski definition) is 4. The first-order valence-electron chi connectivity index (χ1n) is 4.88. The smallest absolute Gasteiger partial charge is 0.290 e. The van der Waals surface area contributed by atoms with Crippen molar-refractivity contribution in [3.63, 3.8) is 0 Å². The number of amides is 1. The Balaban J connectivity index is 2.96. The third-order valence-electron chi connectivity index (χ3n) is 2.06. The van der Waals surface area contributed by atoms with E-state index in [0.717, 1.165) is 6.07 Å². The van der Waals surface area contributed by atoms with E-state index >= 15 is 0 Å². The summed E-state index contributed by atoms with van der Waals surface area (Å²) in [5, 5.41) is 13.0. The molecule has 0 aliphatic rings. The molecule has 0 aliphatic heterocycles. The summed E-state index contributed by atoms with van der Waals surface area (Å²) in [6, 6.07) is 2.36. The van der Waals surface area contributed by atoms with E-state index in [1.807, 2.05) is 0 Å². The highest BCUT2D eigenvalue weighted by Crippen LogP contribution is 2.32. The van der Waals surface area contributed by atoms with Gasteiger partial charge in [-0.15, -0.1) is 0 Å². The second-order valence-corrected chi connectivity index (χ2v) is 4.08. The van der Waals surface area contributed by atoms with Crippen molar-refractivity contribution < 1.29 is 14.5 Å². The third-order valence-corrected chi connectivity index (χ3v) is 2.85. The van der Waals surface area contributed by atoms with Gasteiger partial charge in [-0.2, -0.15) is 0 Å². The summed E-state index contributed by atoms with van der Waals surface area (Å²) >= 11 is 11.4. The molecule has 0 saturated heterocycles. The topological polar surface area (TPSA) is 81.5 Å². The van der Waals surface area contributed by atoms with E-state index in [4.69, 9.17) is 27.9 Å². The molecular weight excluding hydrogens is 283 g/mol. The molecule has 18 heavy (non-hydrogen) atoms. The van der Waals surface area contributed by atoms with Gasteiger partial charge in [0.2, 0.25) is 0 Å². The Hall–Kier alpha value is -1.37. The maximum absolute atomic E-state index is 11.7. The monoisotopic (exact) mass is 292 g/mol. The van der Waals surface area contributed by atoms with E-state index in [-0.39, 0.29) is 15.6 Å². The van der Waals surface area contributed by atoms with Gasteiger partial charge in [0.1, 0.15) is 5.02 Å². The maximum Gasteiger partial charge on any atom is 0.290 e. The molecule has 1 amide bonds. The Morgan fingerprint density at radius 1 is 1.50 bits per heavy atom. The van der Waals surface area contributed by atoms with Gasteiger partial charge >= 0.3 is 0 Å². The summed E-state index contributed by atoms with van der Waals surface area (Å²) < 4.78 is 4.76. The Kier molecular flexibility index (Phi) is 5.33. The Morgan fingerprint density at radius 3 is 2.72 bits per heavy atom. The summed E-state index contributed by atoms with van der Waals surface area (Å²) in [4.78, 5) is 21.7. The first-order valence-corrected chi connectivity index (χ1v) is 5.63. The fourth-order valence-corrected chi connectivity index (χ4v) is 1.60. The number of rotatable bonds is 5. The molecule has 0 radical (unpaired) electrons. The first-order chi connectivity index (χ1) is 8.47. The second kappa shape index (κ2) is 6.53. The molecule has 98 valence electrons. The quantitative estimate of drug-likeness (QED) is 0.513. The van der Waals surface area contributed by atoms with Crippen LogP contribution in [0.5, 0.6) is 0 Å². The van der Waals surface area contributed by atoms with Crippen LogP contribution in [0.2, 0.25) is 10.0 Å². The predicted molar refractivity (Wildman–Crippen MR) is 67.3 cm³/mol. The highest BCUT2D eigenvalue weighted by Gasteiger charge is 2.19. The molecule has 8 heteroatoms. The molecular formula is C10H10Cl2N2O4. The fourth-order valence-electron chi connectivity index (χ4n) is 1.21.